The van der Waals surface area contributed by atoms with Gasteiger partial charge in [0.1, 0.15) is 17.1 Å². The number of carbonyl (C=O) groups is 10. The number of Topliss-reactive ketones (excluding diaryl/α,β-unsaturated/α-hetero) is 4. The minimum atomic E-state index is -1.37. The molecule has 8 atom stereocenters. The fraction of sp³-hybridized carbons (Fsp3) is 0.491. The zero-order valence-corrected chi connectivity index (χ0v) is 43.8. The second-order valence-corrected chi connectivity index (χ2v) is 19.6. The fourth-order valence-electron chi connectivity index (χ4n) is 8.06. The number of aliphatic hydroxyl groups is 2. The summed E-state index contributed by atoms with van der Waals surface area (Å²) in [7, 11) is 0. The summed E-state index contributed by atoms with van der Waals surface area (Å²) < 4.78 is 5.84. The van der Waals surface area contributed by atoms with Crippen molar-refractivity contribution in [3.8, 4) is 0 Å². The van der Waals surface area contributed by atoms with E-state index in [1.165, 1.54) is 6.92 Å². The topological polar surface area (TPSA) is 349 Å². The maximum atomic E-state index is 14.2. The molecule has 3 aromatic carbocycles. The van der Waals surface area contributed by atoms with E-state index >= 15 is 0 Å². The molecule has 0 aromatic heterocycles. The molecule has 3 aromatic rings. The van der Waals surface area contributed by atoms with Crippen LogP contribution < -0.4 is 27.4 Å². The minimum absolute atomic E-state index is 0.166. The SMILES string of the molecule is CC(O)[C@H](CC(=O)C[C@@H](CC(N)=O)C(=O)NCC(=O)[C@@H](N)CO)C(=O)O.CC[C@H](C)C(=O)CNC(=O)[C@@H](CC(=O)C[C@H](C(=O)O)C(C)OC(C)(C)C)CC(=O)NC(c1ccccc1)(c1ccccc1)c1ccccc1. The number of carboxylic acid groups (broad SMARTS) is 2. The molecule has 0 saturated carbocycles. The van der Waals surface area contributed by atoms with Crippen molar-refractivity contribution in [2.45, 2.75) is 123 Å². The number of aliphatic carboxylic acids is 2. The summed E-state index contributed by atoms with van der Waals surface area (Å²) in [5.41, 5.74) is 10.9. The summed E-state index contributed by atoms with van der Waals surface area (Å²) in [4.78, 5) is 124. The number of ether oxygens (including phenoxy) is 1. The van der Waals surface area contributed by atoms with Gasteiger partial charge in [-0.3, -0.25) is 47.9 Å². The highest BCUT2D eigenvalue weighted by Gasteiger charge is 2.40. The van der Waals surface area contributed by atoms with E-state index in [0.29, 0.717) is 6.42 Å². The van der Waals surface area contributed by atoms with Crippen molar-refractivity contribution in [1.82, 2.24) is 16.0 Å². The molecule has 0 aliphatic rings. The summed E-state index contributed by atoms with van der Waals surface area (Å²) >= 11 is 0. The molecule has 0 spiro atoms. The van der Waals surface area contributed by atoms with Crippen LogP contribution in [0.1, 0.15) is 110 Å². The van der Waals surface area contributed by atoms with Crippen LogP contribution in [0.2, 0.25) is 0 Å². The first-order chi connectivity index (χ1) is 35.2. The van der Waals surface area contributed by atoms with Crippen LogP contribution in [-0.2, 0) is 58.2 Å². The zero-order chi connectivity index (χ0) is 56.6. The lowest BCUT2D eigenvalue weighted by Crippen LogP contribution is -2.49. The molecule has 20 heteroatoms. The van der Waals surface area contributed by atoms with Crippen molar-refractivity contribution in [2.24, 2.45) is 41.1 Å². The predicted molar refractivity (Wildman–Crippen MR) is 276 cm³/mol. The van der Waals surface area contributed by atoms with Gasteiger partial charge in [0.25, 0.3) is 0 Å². The third-order valence-electron chi connectivity index (χ3n) is 12.4. The smallest absolute Gasteiger partial charge is 0.309 e. The van der Waals surface area contributed by atoms with Gasteiger partial charge in [-0.2, -0.15) is 0 Å². The molecule has 0 aliphatic heterocycles. The second kappa shape index (κ2) is 31.0. The summed E-state index contributed by atoms with van der Waals surface area (Å²) in [5.74, 6) is -12.5. The third kappa shape index (κ3) is 21.4. The Morgan fingerprint density at radius 1 is 0.600 bits per heavy atom. The van der Waals surface area contributed by atoms with Crippen molar-refractivity contribution < 1.29 is 73.1 Å². The molecule has 11 N–H and O–H groups in total. The Kier molecular flexibility index (Phi) is 26.5. The summed E-state index contributed by atoms with van der Waals surface area (Å²) in [6, 6.07) is 27.3. The Hall–Kier alpha value is -7.00. The number of primary amides is 1. The molecule has 0 heterocycles. The molecule has 0 radical (unpaired) electrons. The number of carbonyl (C=O) groups excluding carboxylic acids is 8. The van der Waals surface area contributed by atoms with Crippen LogP contribution >= 0.6 is 0 Å². The molecule has 20 nitrogen and oxygen atoms in total. The fourth-order valence-corrected chi connectivity index (χ4v) is 8.06. The lowest BCUT2D eigenvalue weighted by Gasteiger charge is -2.37. The summed E-state index contributed by atoms with van der Waals surface area (Å²) in [6.07, 6.45) is -4.10. The highest BCUT2D eigenvalue weighted by molar-refractivity contribution is 5.95. The monoisotopic (exact) mass is 1050 g/mol. The van der Waals surface area contributed by atoms with Gasteiger partial charge < -0.3 is 52.6 Å². The molecule has 75 heavy (non-hydrogen) atoms. The molecule has 0 bridgehead atoms. The van der Waals surface area contributed by atoms with Crippen LogP contribution in [0.3, 0.4) is 0 Å². The van der Waals surface area contributed by atoms with Crippen molar-refractivity contribution in [2.75, 3.05) is 19.7 Å². The lowest BCUT2D eigenvalue weighted by molar-refractivity contribution is -0.155. The highest BCUT2D eigenvalue weighted by Crippen LogP contribution is 2.37. The first kappa shape index (κ1) is 64.1. The van der Waals surface area contributed by atoms with Crippen LogP contribution in [0.5, 0.6) is 0 Å². The van der Waals surface area contributed by atoms with Gasteiger partial charge in [-0.15, -0.1) is 0 Å². The maximum Gasteiger partial charge on any atom is 0.309 e. The van der Waals surface area contributed by atoms with Gasteiger partial charge in [0.15, 0.2) is 11.6 Å². The van der Waals surface area contributed by atoms with Crippen molar-refractivity contribution in [3.63, 3.8) is 0 Å². The molecule has 410 valence electrons. The minimum Gasteiger partial charge on any atom is -0.481 e. The zero-order valence-electron chi connectivity index (χ0n) is 43.8. The largest absolute Gasteiger partial charge is 0.481 e. The van der Waals surface area contributed by atoms with Gasteiger partial charge in [0.2, 0.25) is 23.6 Å². The summed E-state index contributed by atoms with van der Waals surface area (Å²) in [6.45, 7) is 10.5. The summed E-state index contributed by atoms with van der Waals surface area (Å²) in [5, 5.41) is 45.1. The molecule has 0 saturated heterocycles. The predicted octanol–water partition coefficient (Wildman–Crippen LogP) is 3.00. The molecule has 3 rings (SSSR count). The quantitative estimate of drug-likeness (QED) is 0.0418. The van der Waals surface area contributed by atoms with Crippen LogP contribution in [-0.4, -0.2) is 123 Å². The number of carboxylic acids is 2. The maximum absolute atomic E-state index is 14.2. The van der Waals surface area contributed by atoms with Gasteiger partial charge in [0, 0.05) is 44.4 Å². The van der Waals surface area contributed by atoms with Gasteiger partial charge in [-0.25, -0.2) is 0 Å². The van der Waals surface area contributed by atoms with Crippen LogP contribution in [0.15, 0.2) is 91.0 Å². The van der Waals surface area contributed by atoms with Crippen LogP contribution in [0, 0.1) is 29.6 Å². The van der Waals surface area contributed by atoms with E-state index in [9.17, 15) is 58.2 Å². The van der Waals surface area contributed by atoms with Crippen molar-refractivity contribution in [1.29, 1.82) is 0 Å². The molecular formula is C55H75N5O15. The number of hydrogen-bond donors (Lipinski definition) is 9. The number of nitrogens with two attached hydrogens (primary N) is 2. The molecule has 0 fully saturated rings. The Morgan fingerprint density at radius 3 is 1.36 bits per heavy atom. The molecule has 4 amide bonds. The number of hydrogen-bond acceptors (Lipinski definition) is 14. The van der Waals surface area contributed by atoms with Crippen molar-refractivity contribution >= 4 is 58.7 Å². The lowest BCUT2D eigenvalue weighted by atomic mass is 9.76. The van der Waals surface area contributed by atoms with Crippen LogP contribution in [0.4, 0.5) is 0 Å². The van der Waals surface area contributed by atoms with E-state index in [0.717, 1.165) is 16.7 Å². The average Bonchev–Trinajstić information content (AvgIpc) is 3.36. The normalized spacial score (nSPS) is 14.6. The molecule has 2 unspecified atom stereocenters. The Labute approximate surface area is 437 Å². The van der Waals surface area contributed by atoms with Gasteiger partial charge in [-0.05, 0) is 57.7 Å². The number of amides is 4. The molecule has 0 aliphatic carbocycles. The number of ketones is 4. The highest BCUT2D eigenvalue weighted by atomic mass is 16.5. The Morgan fingerprint density at radius 2 is 1.00 bits per heavy atom. The molecular weight excluding hydrogens is 971 g/mol. The second-order valence-electron chi connectivity index (χ2n) is 19.6. The van der Waals surface area contributed by atoms with E-state index in [2.05, 4.69) is 16.0 Å². The van der Waals surface area contributed by atoms with Crippen LogP contribution in [0.25, 0.3) is 0 Å². The Bertz CT molecular complexity index is 2300. The van der Waals surface area contributed by atoms with E-state index in [4.69, 9.17) is 26.4 Å². The third-order valence-corrected chi connectivity index (χ3v) is 12.4. The van der Waals surface area contributed by atoms with Gasteiger partial charge >= 0.3 is 11.9 Å². The number of aliphatic hydroxyl groups excluding tert-OH is 2. The van der Waals surface area contributed by atoms with E-state index in [-0.39, 0.29) is 31.1 Å². The first-order valence-corrected chi connectivity index (χ1v) is 24.7. The number of benzene rings is 3. The van der Waals surface area contributed by atoms with E-state index < -0.39 is 145 Å². The number of rotatable bonds is 31. The van der Waals surface area contributed by atoms with Gasteiger partial charge in [0.05, 0.1) is 67.2 Å². The standard InChI is InChI=1S/C40H50N2O7.C15H25N3O8/c1-7-27(2)35(44)26-41-37(46)29(23-33(43)25-34(38(47)48)28(3)49-39(4,5)6)24-36(45)42-40(30-17-11-8-12-18-30,31-19-13-9-14-20-31)32-21-15-10-16-22-32;1-7(20)10(15(25)26)4-9(21)2-8(3-13(17)23)14(24)18-5-12(22)11(16)6-19/h8-22,27-29,34H,7,23-26H2,1-6H3,(H,41,46)(H,42,45)(H,47,48);7-8,10-11,19-20H,2-6,16H2,1H3,(H2,17,23)(H,18,24)(H,25,26)/t27-,28?,29-,34-;7?,8-,10-,11-/m00/s1. The average molecular weight is 1050 g/mol. The Balaban J connectivity index is 0.000000626. The van der Waals surface area contributed by atoms with Gasteiger partial charge in [-0.1, -0.05) is 105 Å². The van der Waals surface area contributed by atoms with E-state index in [1.807, 2.05) is 97.9 Å². The first-order valence-electron chi connectivity index (χ1n) is 24.7. The van der Waals surface area contributed by atoms with Crippen molar-refractivity contribution in [3.05, 3.63) is 108 Å². The van der Waals surface area contributed by atoms with E-state index in [1.54, 1.807) is 34.6 Å². The number of nitrogens with one attached hydrogen (secondary N) is 3.